The van der Waals surface area contributed by atoms with Gasteiger partial charge in [0.1, 0.15) is 0 Å². The number of rotatable bonds is 6. The van der Waals surface area contributed by atoms with Crippen LogP contribution in [0, 0.1) is 0 Å². The zero-order chi connectivity index (χ0) is 23.9. The molecule has 32 heavy (non-hydrogen) atoms. The minimum absolute atomic E-state index is 0.0518. The Morgan fingerprint density at radius 2 is 1.06 bits per heavy atom. The molecule has 2 aliphatic carbocycles. The molecule has 0 aromatic heterocycles. The summed E-state index contributed by atoms with van der Waals surface area (Å²) in [6.07, 6.45) is 3.17. The van der Waals surface area contributed by atoms with Gasteiger partial charge in [-0.3, -0.25) is 0 Å². The van der Waals surface area contributed by atoms with Crippen LogP contribution in [-0.2, 0) is 41.4 Å². The normalized spacial score (nSPS) is 15.9. The molecule has 12 heteroatoms. The average Bonchev–Trinajstić information content (AvgIpc) is 3.66. The Balaban J connectivity index is 0.000000195. The van der Waals surface area contributed by atoms with Crippen molar-refractivity contribution in [1.29, 1.82) is 0 Å². The molecule has 4 rings (SSSR count). The quantitative estimate of drug-likeness (QED) is 0.411. The maximum atomic E-state index is 11.8. The van der Waals surface area contributed by atoms with Crippen LogP contribution in [0.15, 0.2) is 58.3 Å². The second-order valence-electron chi connectivity index (χ2n) is 7.25. The maximum Gasteiger partial charge on any atom is 0.211 e. The van der Waals surface area contributed by atoms with Crippen LogP contribution in [0.1, 0.15) is 36.8 Å². The lowest BCUT2D eigenvalue weighted by atomic mass is 10.2. The van der Waals surface area contributed by atoms with Crippen molar-refractivity contribution < 1.29 is 26.2 Å². The van der Waals surface area contributed by atoms with Gasteiger partial charge in [-0.05, 0) is 61.1 Å². The first-order valence-electron chi connectivity index (χ1n) is 9.59. The van der Waals surface area contributed by atoms with Crippen LogP contribution < -0.4 is 0 Å². The van der Waals surface area contributed by atoms with Crippen molar-refractivity contribution in [2.24, 2.45) is 0 Å². The van der Waals surface area contributed by atoms with Gasteiger partial charge in [0.15, 0.2) is 19.7 Å². The van der Waals surface area contributed by atoms with Crippen molar-refractivity contribution in [2.75, 3.05) is 0 Å². The second kappa shape index (κ2) is 12.1. The third-order valence-corrected chi connectivity index (χ3v) is 9.63. The number of aliphatic hydroxyl groups is 1. The summed E-state index contributed by atoms with van der Waals surface area (Å²) in [6.45, 7) is -0.0518. The fourth-order valence-corrected chi connectivity index (χ4v) is 6.19. The predicted molar refractivity (Wildman–Crippen MR) is 129 cm³/mol. The van der Waals surface area contributed by atoms with Gasteiger partial charge in [-0.15, -0.1) is 11.6 Å². The highest BCUT2D eigenvalue weighted by Gasteiger charge is 2.37. The Kier molecular flexibility index (Phi) is 10.5. The van der Waals surface area contributed by atoms with E-state index >= 15 is 0 Å². The third-order valence-electron chi connectivity index (χ3n) is 4.77. The molecule has 6 nitrogen and oxygen atoms in total. The molecule has 0 aliphatic heterocycles. The molecule has 0 atom stereocenters. The molecule has 0 spiro atoms. The Labute approximate surface area is 205 Å². The molecule has 2 saturated carbocycles. The first-order valence-corrected chi connectivity index (χ1v) is 16.0. The van der Waals surface area contributed by atoms with Crippen LogP contribution in [-0.4, -0.2) is 36.7 Å². The Hall–Kier alpha value is -0.680. The highest BCUT2D eigenvalue weighted by atomic mass is 36.0. The molecule has 0 heterocycles. The van der Waals surface area contributed by atoms with Gasteiger partial charge in [-0.25, -0.2) is 21.0 Å². The van der Waals surface area contributed by atoms with Crippen molar-refractivity contribution in [1.82, 2.24) is 0 Å². The van der Waals surface area contributed by atoms with Crippen LogP contribution in [0.5, 0.6) is 0 Å². The van der Waals surface area contributed by atoms with Crippen molar-refractivity contribution in [3.8, 4) is 0 Å². The van der Waals surface area contributed by atoms with Gasteiger partial charge < -0.3 is 5.11 Å². The standard InChI is InChI=1S/C10H11ClO2S.C10H12O3S.Cl2OS/c2*11-7-8-1-3-9(4-2-8)14(12,13)10-5-6-10;1-4(2)3/h1-4,10H,5-7H2;1-4,10-11H,5-7H2;. The minimum Gasteiger partial charge on any atom is -0.392 e. The summed E-state index contributed by atoms with van der Waals surface area (Å²) >= 11 is 5.62. The Morgan fingerprint density at radius 3 is 1.31 bits per heavy atom. The number of hydrogen-bond acceptors (Lipinski definition) is 6. The number of aliphatic hydroxyl groups excluding tert-OH is 1. The van der Waals surface area contributed by atoms with E-state index < -0.39 is 28.9 Å². The van der Waals surface area contributed by atoms with Crippen LogP contribution in [0.25, 0.3) is 0 Å². The van der Waals surface area contributed by atoms with Crippen LogP contribution in [0.2, 0.25) is 0 Å². The van der Waals surface area contributed by atoms with Gasteiger partial charge in [0.25, 0.3) is 0 Å². The third kappa shape index (κ3) is 8.27. The zero-order valence-electron chi connectivity index (χ0n) is 16.9. The van der Waals surface area contributed by atoms with E-state index in [1.165, 1.54) is 0 Å². The van der Waals surface area contributed by atoms with Gasteiger partial charge in [-0.1, -0.05) is 24.3 Å². The summed E-state index contributed by atoms with van der Waals surface area (Å²) in [4.78, 5) is 0.797. The molecule has 0 bridgehead atoms. The van der Waals surface area contributed by atoms with Crippen molar-refractivity contribution >= 4 is 61.9 Å². The van der Waals surface area contributed by atoms with E-state index in [9.17, 15) is 16.8 Å². The molecule has 0 amide bonds. The molecular weight excluding hydrogens is 539 g/mol. The summed E-state index contributed by atoms with van der Waals surface area (Å²) in [5, 5.41) is 8.50. The number of benzene rings is 2. The summed E-state index contributed by atoms with van der Waals surface area (Å²) in [6, 6.07) is 13.3. The van der Waals surface area contributed by atoms with E-state index in [1.807, 2.05) is 0 Å². The Bertz CT molecular complexity index is 1020. The molecule has 2 aromatic carbocycles. The lowest BCUT2D eigenvalue weighted by Crippen LogP contribution is -2.06. The predicted octanol–water partition coefficient (Wildman–Crippen LogP) is 4.52. The summed E-state index contributed by atoms with van der Waals surface area (Å²) < 4.78 is 56.1. The average molecular weight is 562 g/mol. The van der Waals surface area contributed by atoms with Gasteiger partial charge >= 0.3 is 0 Å². The van der Waals surface area contributed by atoms with E-state index in [1.54, 1.807) is 48.5 Å². The van der Waals surface area contributed by atoms with E-state index in [0.717, 1.165) is 36.8 Å². The first kappa shape index (κ1) is 27.6. The van der Waals surface area contributed by atoms with E-state index in [2.05, 4.69) is 21.4 Å². The van der Waals surface area contributed by atoms with Crippen LogP contribution in [0.3, 0.4) is 0 Å². The molecule has 0 saturated heterocycles. The number of halogens is 3. The molecule has 0 radical (unpaired) electrons. The molecular formula is C20H23Cl3O6S3. The first-order chi connectivity index (χ1) is 15.0. The van der Waals surface area contributed by atoms with Gasteiger partial charge in [-0.2, -0.15) is 0 Å². The van der Waals surface area contributed by atoms with Gasteiger partial charge in [0.2, 0.25) is 9.23 Å². The second-order valence-corrected chi connectivity index (χ2v) is 14.5. The molecule has 2 aromatic rings. The molecule has 2 aliphatic rings. The minimum atomic E-state index is -3.07. The Morgan fingerprint density at radius 1 is 0.750 bits per heavy atom. The lowest BCUT2D eigenvalue weighted by molar-refractivity contribution is 0.282. The van der Waals surface area contributed by atoms with Gasteiger partial charge in [0, 0.05) is 27.2 Å². The largest absolute Gasteiger partial charge is 0.392 e. The van der Waals surface area contributed by atoms with E-state index in [-0.39, 0.29) is 17.1 Å². The fourth-order valence-electron chi connectivity index (χ4n) is 2.69. The van der Waals surface area contributed by atoms with Crippen molar-refractivity contribution in [3.05, 3.63) is 59.7 Å². The van der Waals surface area contributed by atoms with Crippen molar-refractivity contribution in [3.63, 3.8) is 0 Å². The highest BCUT2D eigenvalue weighted by molar-refractivity contribution is 8.26. The highest BCUT2D eigenvalue weighted by Crippen LogP contribution is 2.34. The number of hydrogen-bond donors (Lipinski definition) is 1. The summed E-state index contributed by atoms with van der Waals surface area (Å²) in [5.41, 5.74) is 1.68. The molecule has 0 unspecified atom stereocenters. The molecule has 2 fully saturated rings. The smallest absolute Gasteiger partial charge is 0.211 e. The number of sulfone groups is 2. The van der Waals surface area contributed by atoms with Crippen LogP contribution in [0.4, 0.5) is 0 Å². The molecule has 1 N–H and O–H groups in total. The molecule has 178 valence electrons. The SMILES string of the molecule is O=S(=O)(c1ccc(CCl)cc1)C1CC1.O=S(=O)(c1ccc(CO)cc1)C1CC1.O=S(Cl)Cl. The lowest BCUT2D eigenvalue weighted by Gasteiger charge is -2.02. The maximum absolute atomic E-state index is 11.8. The van der Waals surface area contributed by atoms with Crippen LogP contribution >= 0.6 is 33.0 Å². The summed E-state index contributed by atoms with van der Waals surface area (Å²) in [5.74, 6) is 0.420. The number of alkyl halides is 1. The van der Waals surface area contributed by atoms with E-state index in [0.29, 0.717) is 15.7 Å². The van der Waals surface area contributed by atoms with Crippen molar-refractivity contribution in [2.45, 2.75) is 58.5 Å². The van der Waals surface area contributed by atoms with Gasteiger partial charge in [0.05, 0.1) is 26.9 Å². The topological polar surface area (TPSA) is 106 Å². The monoisotopic (exact) mass is 560 g/mol. The van der Waals surface area contributed by atoms with E-state index in [4.69, 9.17) is 20.9 Å². The zero-order valence-corrected chi connectivity index (χ0v) is 21.6. The fraction of sp³-hybridized carbons (Fsp3) is 0.400. The summed E-state index contributed by atoms with van der Waals surface area (Å²) in [7, 11) is 1.25.